The topological polar surface area (TPSA) is 43.0 Å². The molecule has 0 amide bonds. The molecule has 0 spiro atoms. The van der Waals surface area contributed by atoms with Crippen LogP contribution in [0.3, 0.4) is 0 Å². The molecule has 0 fully saturated rings. The van der Waals surface area contributed by atoms with Gasteiger partial charge in [-0.25, -0.2) is 0 Å². The van der Waals surface area contributed by atoms with Crippen LogP contribution in [0.2, 0.25) is 0 Å². The van der Waals surface area contributed by atoms with Crippen LogP contribution in [0.4, 0.5) is 17.1 Å². The van der Waals surface area contributed by atoms with E-state index in [1.807, 2.05) is 54.6 Å². The van der Waals surface area contributed by atoms with Gasteiger partial charge >= 0.3 is 0 Å². The number of anilines is 3. The molecule has 3 nitrogen and oxygen atoms in total. The lowest BCUT2D eigenvalue weighted by atomic mass is 9.82. The summed E-state index contributed by atoms with van der Waals surface area (Å²) in [7, 11) is 0. The van der Waals surface area contributed by atoms with Crippen LogP contribution in [0.15, 0.2) is 200 Å². The van der Waals surface area contributed by atoms with E-state index in [1.54, 1.807) is 0 Å². The number of rotatable bonds is 4. The lowest BCUT2D eigenvalue weighted by Crippen LogP contribution is -2.14. The molecule has 292 valence electrons. The summed E-state index contributed by atoms with van der Waals surface area (Å²) in [6, 6.07) is 72.2. The van der Waals surface area contributed by atoms with Gasteiger partial charge in [0.1, 0.15) is 0 Å². The molecule has 61 heavy (non-hydrogen) atoms. The molecule has 1 aromatic heterocycles. The smallest absolute Gasteiger partial charge is 0.0617 e. The second-order valence-electron chi connectivity index (χ2n) is 16.9. The van der Waals surface area contributed by atoms with Gasteiger partial charge in [0, 0.05) is 32.9 Å². The van der Waals surface area contributed by atoms with Crippen molar-refractivity contribution in [2.75, 3.05) is 11.1 Å². The van der Waals surface area contributed by atoms with E-state index in [9.17, 15) is 0 Å². The zero-order valence-corrected chi connectivity index (χ0v) is 34.6. The molecule has 3 N–H and O–H groups in total. The highest BCUT2D eigenvalue weighted by Crippen LogP contribution is 2.52. The SMILES string of the molecule is Cc1ccc(-c2ccc(-n3c4cc5c(cc4c4c6c7ccccc7c7ccccc7c6ccc43)-c3ccccc3C5(C)C)cc2)cc1.Nc1ccccc1Nc1ccccc1. The Morgan fingerprint density at radius 1 is 0.443 bits per heavy atom. The summed E-state index contributed by atoms with van der Waals surface area (Å²) in [6.45, 7) is 6.89. The average molecular weight is 784 g/mol. The first-order chi connectivity index (χ1) is 29.8. The van der Waals surface area contributed by atoms with Crippen molar-refractivity contribution in [3.8, 4) is 27.9 Å². The third-order valence-corrected chi connectivity index (χ3v) is 12.9. The molecule has 0 saturated heterocycles. The Bertz CT molecular complexity index is 3430. The Kier molecular flexibility index (Phi) is 8.54. The van der Waals surface area contributed by atoms with Crippen LogP contribution in [0, 0.1) is 6.92 Å². The van der Waals surface area contributed by atoms with Gasteiger partial charge in [-0.3, -0.25) is 0 Å². The van der Waals surface area contributed by atoms with Gasteiger partial charge in [-0.05, 0) is 122 Å². The first-order valence-electron chi connectivity index (χ1n) is 21.1. The van der Waals surface area contributed by atoms with E-state index in [0.717, 1.165) is 17.1 Å². The fourth-order valence-electron chi connectivity index (χ4n) is 9.81. The molecule has 0 unspecified atom stereocenters. The quantitative estimate of drug-likeness (QED) is 0.138. The molecule has 0 aliphatic heterocycles. The van der Waals surface area contributed by atoms with Crippen molar-refractivity contribution < 1.29 is 0 Å². The van der Waals surface area contributed by atoms with E-state index in [2.05, 4.69) is 176 Å². The van der Waals surface area contributed by atoms with Gasteiger partial charge in [0.2, 0.25) is 0 Å². The number of nitrogens with two attached hydrogens (primary N) is 1. The predicted octanol–water partition coefficient (Wildman–Crippen LogP) is 15.5. The first-order valence-corrected chi connectivity index (χ1v) is 21.1. The van der Waals surface area contributed by atoms with Crippen molar-refractivity contribution in [3.63, 3.8) is 0 Å². The number of nitrogens with zero attached hydrogens (tertiary/aromatic N) is 1. The van der Waals surface area contributed by atoms with Gasteiger partial charge < -0.3 is 15.6 Å². The molecular formula is C58H45N3. The van der Waals surface area contributed by atoms with E-state index in [1.165, 1.54) is 98.8 Å². The normalized spacial score (nSPS) is 12.7. The monoisotopic (exact) mass is 783 g/mol. The molecule has 0 bridgehead atoms. The van der Waals surface area contributed by atoms with E-state index in [0.29, 0.717) is 0 Å². The predicted molar refractivity (Wildman–Crippen MR) is 262 cm³/mol. The fourth-order valence-corrected chi connectivity index (χ4v) is 9.81. The van der Waals surface area contributed by atoms with Gasteiger partial charge in [-0.1, -0.05) is 165 Å². The summed E-state index contributed by atoms with van der Waals surface area (Å²) in [5, 5.41) is 13.7. The van der Waals surface area contributed by atoms with E-state index >= 15 is 0 Å². The van der Waals surface area contributed by atoms with Gasteiger partial charge in [-0.2, -0.15) is 0 Å². The Labute approximate surface area is 356 Å². The largest absolute Gasteiger partial charge is 0.397 e. The van der Waals surface area contributed by atoms with Crippen LogP contribution in [-0.2, 0) is 5.41 Å². The van der Waals surface area contributed by atoms with Crippen LogP contribution in [0.25, 0.3) is 82.1 Å². The van der Waals surface area contributed by atoms with E-state index < -0.39 is 0 Å². The van der Waals surface area contributed by atoms with Crippen LogP contribution in [0.5, 0.6) is 0 Å². The second-order valence-corrected chi connectivity index (χ2v) is 16.9. The van der Waals surface area contributed by atoms with Crippen molar-refractivity contribution in [2.24, 2.45) is 0 Å². The van der Waals surface area contributed by atoms with Crippen molar-refractivity contribution in [3.05, 3.63) is 217 Å². The lowest BCUT2D eigenvalue weighted by Gasteiger charge is -2.21. The van der Waals surface area contributed by atoms with Crippen LogP contribution >= 0.6 is 0 Å². The second kappa shape index (κ2) is 14.3. The minimum atomic E-state index is -0.0817. The molecule has 0 radical (unpaired) electrons. The zero-order valence-electron chi connectivity index (χ0n) is 34.6. The average Bonchev–Trinajstić information content (AvgIpc) is 3.75. The van der Waals surface area contributed by atoms with E-state index in [4.69, 9.17) is 5.73 Å². The summed E-state index contributed by atoms with van der Waals surface area (Å²) in [4.78, 5) is 0. The van der Waals surface area contributed by atoms with Crippen molar-refractivity contribution >= 4 is 71.2 Å². The number of para-hydroxylation sites is 3. The summed E-state index contributed by atoms with van der Waals surface area (Å²) in [6.07, 6.45) is 0. The minimum Gasteiger partial charge on any atom is -0.397 e. The van der Waals surface area contributed by atoms with Gasteiger partial charge in [0.15, 0.2) is 0 Å². The molecule has 10 aromatic carbocycles. The number of aromatic nitrogens is 1. The number of fused-ring (bicyclic) bond motifs is 13. The molecular weight excluding hydrogens is 739 g/mol. The highest BCUT2D eigenvalue weighted by atomic mass is 15.0. The molecule has 0 saturated carbocycles. The van der Waals surface area contributed by atoms with Crippen LogP contribution in [0.1, 0.15) is 30.5 Å². The van der Waals surface area contributed by atoms with Crippen molar-refractivity contribution in [1.29, 1.82) is 0 Å². The standard InChI is InChI=1S/C46H33N.C12H12N2/c1-28-16-18-29(19-17-28)30-20-22-31(23-21-30)47-42-25-24-37-34-12-5-4-10-32(34)33-11-6-7-14-36(33)44(37)45(42)39-26-38-35-13-8-9-15-40(35)46(2,3)41(38)27-43(39)47;13-11-8-4-5-9-12(11)14-10-6-2-1-3-7-10/h4-27H,1-3H3;1-9,14H,13H2. The minimum absolute atomic E-state index is 0.0817. The third kappa shape index (κ3) is 5.96. The number of hydrogen-bond acceptors (Lipinski definition) is 2. The Morgan fingerprint density at radius 2 is 1.02 bits per heavy atom. The number of nitrogen functional groups attached to an aromatic ring is 1. The molecule has 1 aliphatic carbocycles. The number of aryl methyl sites for hydroxylation is 1. The number of nitrogens with one attached hydrogen (secondary N) is 1. The molecule has 0 atom stereocenters. The van der Waals surface area contributed by atoms with Crippen molar-refractivity contribution in [2.45, 2.75) is 26.2 Å². The third-order valence-electron chi connectivity index (χ3n) is 12.9. The van der Waals surface area contributed by atoms with Gasteiger partial charge in [-0.15, -0.1) is 0 Å². The number of hydrogen-bond donors (Lipinski definition) is 2. The highest BCUT2D eigenvalue weighted by molar-refractivity contribution is 6.35. The van der Waals surface area contributed by atoms with Crippen molar-refractivity contribution in [1.82, 2.24) is 4.57 Å². The maximum absolute atomic E-state index is 5.81. The molecule has 1 heterocycles. The summed E-state index contributed by atoms with van der Waals surface area (Å²) < 4.78 is 2.51. The zero-order chi connectivity index (χ0) is 41.2. The highest BCUT2D eigenvalue weighted by Gasteiger charge is 2.36. The lowest BCUT2D eigenvalue weighted by molar-refractivity contribution is 0.661. The van der Waals surface area contributed by atoms with Gasteiger partial charge in [0.05, 0.1) is 22.4 Å². The Hall–Kier alpha value is -7.62. The Morgan fingerprint density at radius 3 is 1.72 bits per heavy atom. The molecule has 3 heteroatoms. The molecule has 11 aromatic rings. The van der Waals surface area contributed by atoms with E-state index in [-0.39, 0.29) is 5.41 Å². The first kappa shape index (κ1) is 36.5. The summed E-state index contributed by atoms with van der Waals surface area (Å²) >= 11 is 0. The Balaban J connectivity index is 0.000000256. The molecule has 1 aliphatic rings. The van der Waals surface area contributed by atoms with Crippen LogP contribution < -0.4 is 11.1 Å². The maximum atomic E-state index is 5.81. The number of benzene rings is 10. The fraction of sp³-hybridized carbons (Fsp3) is 0.0690. The van der Waals surface area contributed by atoms with Crippen LogP contribution in [-0.4, -0.2) is 4.57 Å². The molecule has 12 rings (SSSR count). The summed E-state index contributed by atoms with van der Waals surface area (Å²) in [5.41, 5.74) is 21.4. The summed E-state index contributed by atoms with van der Waals surface area (Å²) in [5.74, 6) is 0. The van der Waals surface area contributed by atoms with Gasteiger partial charge in [0.25, 0.3) is 0 Å². The maximum Gasteiger partial charge on any atom is 0.0617 e.